The minimum Gasteiger partial charge on any atom is -0.383 e. The van der Waals surface area contributed by atoms with E-state index in [1.165, 1.54) is 0 Å². The van der Waals surface area contributed by atoms with Crippen LogP contribution in [0.3, 0.4) is 0 Å². The van der Waals surface area contributed by atoms with Crippen LogP contribution in [0.1, 0.15) is 12.8 Å². The van der Waals surface area contributed by atoms with Crippen molar-refractivity contribution in [3.63, 3.8) is 0 Å². The summed E-state index contributed by atoms with van der Waals surface area (Å²) in [5.41, 5.74) is 1.10. The number of benzene rings is 1. The summed E-state index contributed by atoms with van der Waals surface area (Å²) in [6.45, 7) is 3.35. The van der Waals surface area contributed by atoms with E-state index in [0.29, 0.717) is 0 Å². The number of rotatable bonds is 8. The minimum absolute atomic E-state index is 0.0797. The van der Waals surface area contributed by atoms with Gasteiger partial charge in [0.15, 0.2) is 0 Å². The van der Waals surface area contributed by atoms with E-state index in [9.17, 15) is 4.79 Å². The number of aryl methyl sites for hydroxylation is 1. The van der Waals surface area contributed by atoms with Crippen LogP contribution in [0, 0.1) is 0 Å². The van der Waals surface area contributed by atoms with Crippen molar-refractivity contribution in [3.8, 4) is 0 Å². The highest BCUT2D eigenvalue weighted by Gasteiger charge is 2.01. The third-order valence-corrected chi connectivity index (χ3v) is 3.37. The molecule has 0 atom stereocenters. The zero-order chi connectivity index (χ0) is 14.2. The van der Waals surface area contributed by atoms with E-state index in [1.54, 1.807) is 13.2 Å². The van der Waals surface area contributed by atoms with Crippen LogP contribution >= 0.6 is 0 Å². The van der Waals surface area contributed by atoms with E-state index in [1.807, 2.05) is 34.9 Å². The summed E-state index contributed by atoms with van der Waals surface area (Å²) in [6, 6.07) is 11.6. The standard InChI is InChI=1S/C16H22N2O2/c1-20-13-11-17-10-4-5-12-18-15-7-3-2-6-14(15)8-9-16(18)19/h2-3,6-9,17H,4-5,10-13H2,1H3. The Morgan fingerprint density at radius 3 is 2.80 bits per heavy atom. The lowest BCUT2D eigenvalue weighted by Gasteiger charge is -2.10. The van der Waals surface area contributed by atoms with Crippen LogP contribution < -0.4 is 10.9 Å². The fraction of sp³-hybridized carbons (Fsp3) is 0.438. The molecule has 4 heteroatoms. The van der Waals surface area contributed by atoms with Crippen LogP contribution in [0.2, 0.25) is 0 Å². The Balaban J connectivity index is 1.90. The maximum Gasteiger partial charge on any atom is 0.251 e. The summed E-state index contributed by atoms with van der Waals surface area (Å²) >= 11 is 0. The number of hydrogen-bond acceptors (Lipinski definition) is 3. The second-order valence-corrected chi connectivity index (χ2v) is 4.83. The molecule has 2 rings (SSSR count). The minimum atomic E-state index is 0.0797. The largest absolute Gasteiger partial charge is 0.383 e. The van der Waals surface area contributed by atoms with Gasteiger partial charge in [-0.15, -0.1) is 0 Å². The number of pyridine rings is 1. The third kappa shape index (κ3) is 3.92. The summed E-state index contributed by atoms with van der Waals surface area (Å²) in [5.74, 6) is 0. The van der Waals surface area contributed by atoms with Crippen molar-refractivity contribution < 1.29 is 4.74 Å². The lowest BCUT2D eigenvalue weighted by molar-refractivity contribution is 0.199. The SMILES string of the molecule is COCCNCCCCn1c(=O)ccc2ccccc21. The normalized spacial score (nSPS) is 11.1. The van der Waals surface area contributed by atoms with Crippen molar-refractivity contribution in [1.29, 1.82) is 0 Å². The number of fused-ring (bicyclic) bond motifs is 1. The van der Waals surface area contributed by atoms with E-state index in [2.05, 4.69) is 5.32 Å². The van der Waals surface area contributed by atoms with E-state index in [4.69, 9.17) is 4.74 Å². The molecule has 0 amide bonds. The Morgan fingerprint density at radius 2 is 1.95 bits per heavy atom. The Hall–Kier alpha value is -1.65. The van der Waals surface area contributed by atoms with Gasteiger partial charge >= 0.3 is 0 Å². The van der Waals surface area contributed by atoms with Gasteiger partial charge in [0, 0.05) is 26.3 Å². The average Bonchev–Trinajstić information content (AvgIpc) is 2.48. The molecule has 1 N–H and O–H groups in total. The van der Waals surface area contributed by atoms with Gasteiger partial charge in [0.1, 0.15) is 0 Å². The summed E-state index contributed by atoms with van der Waals surface area (Å²) in [5, 5.41) is 4.43. The molecule has 4 nitrogen and oxygen atoms in total. The van der Waals surface area contributed by atoms with Crippen LogP contribution in [-0.4, -0.2) is 31.4 Å². The predicted molar refractivity (Wildman–Crippen MR) is 82.2 cm³/mol. The molecule has 0 aliphatic heterocycles. The van der Waals surface area contributed by atoms with Crippen LogP contribution in [-0.2, 0) is 11.3 Å². The van der Waals surface area contributed by atoms with Crippen LogP contribution in [0.4, 0.5) is 0 Å². The molecule has 108 valence electrons. The zero-order valence-electron chi connectivity index (χ0n) is 12.0. The Morgan fingerprint density at radius 1 is 1.10 bits per heavy atom. The van der Waals surface area contributed by atoms with Gasteiger partial charge in [0.2, 0.25) is 0 Å². The molecule has 0 radical (unpaired) electrons. The molecule has 0 aliphatic rings. The lowest BCUT2D eigenvalue weighted by Crippen LogP contribution is -2.22. The van der Waals surface area contributed by atoms with Gasteiger partial charge in [-0.05, 0) is 36.9 Å². The first-order valence-electron chi connectivity index (χ1n) is 7.11. The topological polar surface area (TPSA) is 43.3 Å². The first kappa shape index (κ1) is 14.8. The molecule has 0 fully saturated rings. The maximum atomic E-state index is 12.0. The second kappa shape index (κ2) is 7.82. The first-order valence-corrected chi connectivity index (χ1v) is 7.11. The molecular weight excluding hydrogens is 252 g/mol. The number of methoxy groups -OCH3 is 1. The van der Waals surface area contributed by atoms with E-state index < -0.39 is 0 Å². The van der Waals surface area contributed by atoms with Crippen molar-refractivity contribution in [2.75, 3.05) is 26.8 Å². The number of unbranched alkanes of at least 4 members (excludes halogenated alkanes) is 1. The predicted octanol–water partition coefficient (Wildman–Crippen LogP) is 2.02. The number of aromatic nitrogens is 1. The van der Waals surface area contributed by atoms with Gasteiger partial charge in [0.25, 0.3) is 5.56 Å². The zero-order valence-corrected chi connectivity index (χ0v) is 12.0. The quantitative estimate of drug-likeness (QED) is 0.749. The maximum absolute atomic E-state index is 12.0. The number of ether oxygens (including phenoxy) is 1. The molecule has 1 heterocycles. The number of nitrogens with zero attached hydrogens (tertiary/aromatic N) is 1. The summed E-state index contributed by atoms with van der Waals surface area (Å²) < 4.78 is 6.84. The highest BCUT2D eigenvalue weighted by molar-refractivity contribution is 5.78. The summed E-state index contributed by atoms with van der Waals surface area (Å²) in [7, 11) is 1.70. The fourth-order valence-corrected chi connectivity index (χ4v) is 2.29. The van der Waals surface area contributed by atoms with Crippen LogP contribution in [0.15, 0.2) is 41.2 Å². The Bertz CT molecular complexity index is 592. The van der Waals surface area contributed by atoms with Gasteiger partial charge in [0.05, 0.1) is 12.1 Å². The van der Waals surface area contributed by atoms with E-state index in [-0.39, 0.29) is 5.56 Å². The number of nitrogens with one attached hydrogen (secondary N) is 1. The Labute approximate surface area is 119 Å². The number of para-hydroxylation sites is 1. The fourth-order valence-electron chi connectivity index (χ4n) is 2.29. The average molecular weight is 274 g/mol. The molecule has 1 aromatic carbocycles. The van der Waals surface area contributed by atoms with Gasteiger partial charge in [-0.3, -0.25) is 4.79 Å². The highest BCUT2D eigenvalue weighted by atomic mass is 16.5. The molecule has 0 spiro atoms. The van der Waals surface area contributed by atoms with Gasteiger partial charge in [-0.1, -0.05) is 18.2 Å². The number of hydrogen-bond donors (Lipinski definition) is 1. The molecule has 0 saturated heterocycles. The van der Waals surface area contributed by atoms with Crippen molar-refractivity contribution in [2.45, 2.75) is 19.4 Å². The molecule has 0 unspecified atom stereocenters. The van der Waals surface area contributed by atoms with Crippen LogP contribution in [0.5, 0.6) is 0 Å². The molecule has 0 aliphatic carbocycles. The van der Waals surface area contributed by atoms with Crippen molar-refractivity contribution in [2.24, 2.45) is 0 Å². The molecule has 1 aromatic heterocycles. The first-order chi connectivity index (χ1) is 9.83. The monoisotopic (exact) mass is 274 g/mol. The van der Waals surface area contributed by atoms with Gasteiger partial charge in [-0.2, -0.15) is 0 Å². The van der Waals surface area contributed by atoms with E-state index in [0.717, 1.165) is 50.0 Å². The van der Waals surface area contributed by atoms with Crippen molar-refractivity contribution in [3.05, 3.63) is 46.8 Å². The van der Waals surface area contributed by atoms with Crippen molar-refractivity contribution >= 4 is 10.9 Å². The van der Waals surface area contributed by atoms with Gasteiger partial charge < -0.3 is 14.6 Å². The Kier molecular flexibility index (Phi) is 5.77. The molecule has 20 heavy (non-hydrogen) atoms. The molecule has 2 aromatic rings. The summed E-state index contributed by atoms with van der Waals surface area (Å²) in [4.78, 5) is 12.0. The highest BCUT2D eigenvalue weighted by Crippen LogP contribution is 2.11. The van der Waals surface area contributed by atoms with Crippen molar-refractivity contribution in [1.82, 2.24) is 9.88 Å². The van der Waals surface area contributed by atoms with E-state index >= 15 is 0 Å². The molecular formula is C16H22N2O2. The molecule has 0 saturated carbocycles. The third-order valence-electron chi connectivity index (χ3n) is 3.37. The second-order valence-electron chi connectivity index (χ2n) is 4.83. The smallest absolute Gasteiger partial charge is 0.251 e. The molecule has 0 bridgehead atoms. The summed E-state index contributed by atoms with van der Waals surface area (Å²) in [6.07, 6.45) is 2.05. The van der Waals surface area contributed by atoms with Crippen LogP contribution in [0.25, 0.3) is 10.9 Å². The van der Waals surface area contributed by atoms with Gasteiger partial charge in [-0.25, -0.2) is 0 Å². The lowest BCUT2D eigenvalue weighted by atomic mass is 10.2.